The summed E-state index contributed by atoms with van der Waals surface area (Å²) in [4.78, 5) is 2.45. The van der Waals surface area contributed by atoms with Crippen LogP contribution in [0.3, 0.4) is 0 Å². The van der Waals surface area contributed by atoms with Gasteiger partial charge in [-0.15, -0.1) is 0 Å². The molecule has 0 spiro atoms. The molecule has 33 heavy (non-hydrogen) atoms. The van der Waals surface area contributed by atoms with E-state index in [1.54, 1.807) is 12.1 Å². The molecule has 0 radical (unpaired) electrons. The molecule has 1 aliphatic rings. The van der Waals surface area contributed by atoms with Gasteiger partial charge in [-0.1, -0.05) is 12.1 Å². The Bertz CT molecular complexity index is 1140. The normalized spacial score (nSPS) is 17.2. The number of rotatable bonds is 9. The van der Waals surface area contributed by atoms with Crippen LogP contribution in [0.1, 0.15) is 42.7 Å². The molecule has 0 aromatic heterocycles. The first kappa shape index (κ1) is 26.1. The van der Waals surface area contributed by atoms with Crippen molar-refractivity contribution in [2.45, 2.75) is 36.5 Å². The van der Waals surface area contributed by atoms with Gasteiger partial charge in [0.15, 0.2) is 9.84 Å². The second-order valence-corrected chi connectivity index (χ2v) is 13.6. The Hall–Kier alpha value is -1.55. The molecule has 1 fully saturated rings. The molecule has 0 N–H and O–H groups in total. The Morgan fingerprint density at radius 3 is 2.06 bits per heavy atom. The molecule has 2 aromatic carbocycles. The maximum Gasteiger partial charge on any atom is 0.232 e. The molecule has 0 saturated carbocycles. The number of hydrogen-bond acceptors (Lipinski definition) is 5. The topological polar surface area (TPSA) is 71.5 Å². The zero-order chi connectivity index (χ0) is 24.2. The van der Waals surface area contributed by atoms with E-state index < -0.39 is 30.5 Å². The second kappa shape index (κ2) is 10.8. The number of piperidine rings is 1. The zero-order valence-electron chi connectivity index (χ0n) is 18.4. The molecular weight excluding hydrogens is 492 g/mol. The first-order valence-corrected chi connectivity index (χ1v) is 15.2. The Kier molecular flexibility index (Phi) is 8.53. The van der Waals surface area contributed by atoms with E-state index >= 15 is 0 Å². The van der Waals surface area contributed by atoms with Gasteiger partial charge in [0.2, 0.25) is 9.05 Å². The predicted molar refractivity (Wildman–Crippen MR) is 126 cm³/mol. The Morgan fingerprint density at radius 1 is 0.970 bits per heavy atom. The molecule has 10 heteroatoms. The van der Waals surface area contributed by atoms with Crippen LogP contribution in [0.2, 0.25) is 0 Å². The Balaban J connectivity index is 1.71. The third-order valence-corrected chi connectivity index (χ3v) is 8.52. The highest BCUT2D eigenvalue weighted by molar-refractivity contribution is 8.13. The minimum absolute atomic E-state index is 0.0179. The van der Waals surface area contributed by atoms with E-state index in [0.29, 0.717) is 30.9 Å². The molecule has 3 rings (SSSR count). The van der Waals surface area contributed by atoms with E-state index in [-0.39, 0.29) is 16.6 Å². The lowest BCUT2D eigenvalue weighted by Crippen LogP contribution is -2.35. The third-order valence-electron chi connectivity index (χ3n) is 6.21. The summed E-state index contributed by atoms with van der Waals surface area (Å²) in [6, 6.07) is 9.89. The van der Waals surface area contributed by atoms with Crippen LogP contribution in [0.4, 0.5) is 8.78 Å². The SMILES string of the molecule is CS(=O)(=O)c1ccc([C@@H](CCN2CCC(CCS(=O)(=O)Cl)CC2)c2cc(F)cc(F)c2)cc1. The van der Waals surface area contributed by atoms with Crippen LogP contribution in [0, 0.1) is 17.6 Å². The summed E-state index contributed by atoms with van der Waals surface area (Å²) in [5.41, 5.74) is 1.29. The first-order chi connectivity index (χ1) is 15.4. The number of sulfone groups is 1. The van der Waals surface area contributed by atoms with E-state index in [1.807, 2.05) is 0 Å². The summed E-state index contributed by atoms with van der Waals surface area (Å²) < 4.78 is 73.8. The van der Waals surface area contributed by atoms with Crippen molar-refractivity contribution in [2.75, 3.05) is 31.6 Å². The van der Waals surface area contributed by atoms with Gasteiger partial charge in [-0.3, -0.25) is 0 Å². The predicted octanol–water partition coefficient (Wildman–Crippen LogP) is 4.56. The lowest BCUT2D eigenvalue weighted by Gasteiger charge is -2.33. The average molecular weight is 520 g/mol. The van der Waals surface area contributed by atoms with Crippen LogP contribution in [0.5, 0.6) is 0 Å². The van der Waals surface area contributed by atoms with Gasteiger partial charge in [0.1, 0.15) is 11.6 Å². The van der Waals surface area contributed by atoms with Crippen LogP contribution in [-0.2, 0) is 18.9 Å². The lowest BCUT2D eigenvalue weighted by molar-refractivity contribution is 0.178. The fourth-order valence-corrected chi connectivity index (χ4v) is 5.88. The second-order valence-electron chi connectivity index (χ2n) is 8.70. The number of hydrogen-bond donors (Lipinski definition) is 0. The van der Waals surface area contributed by atoms with Crippen molar-refractivity contribution in [2.24, 2.45) is 5.92 Å². The fraction of sp³-hybridized carbons (Fsp3) is 0.478. The zero-order valence-corrected chi connectivity index (χ0v) is 20.8. The smallest absolute Gasteiger partial charge is 0.232 e. The van der Waals surface area contributed by atoms with Crippen molar-refractivity contribution in [3.05, 3.63) is 65.2 Å². The molecule has 1 saturated heterocycles. The van der Waals surface area contributed by atoms with Gasteiger partial charge in [0, 0.05) is 28.9 Å². The molecule has 0 bridgehead atoms. The molecule has 1 heterocycles. The minimum atomic E-state index is -3.48. The van der Waals surface area contributed by atoms with Gasteiger partial charge in [0.05, 0.1) is 10.6 Å². The minimum Gasteiger partial charge on any atom is -0.303 e. The maximum absolute atomic E-state index is 13.9. The molecule has 182 valence electrons. The Morgan fingerprint density at radius 2 is 1.55 bits per heavy atom. The van der Waals surface area contributed by atoms with Crippen molar-refractivity contribution >= 4 is 29.6 Å². The molecule has 5 nitrogen and oxygen atoms in total. The van der Waals surface area contributed by atoms with Crippen molar-refractivity contribution in [1.82, 2.24) is 4.90 Å². The van der Waals surface area contributed by atoms with Crippen molar-refractivity contribution < 1.29 is 25.6 Å². The van der Waals surface area contributed by atoms with Gasteiger partial charge in [-0.25, -0.2) is 25.6 Å². The van der Waals surface area contributed by atoms with E-state index in [4.69, 9.17) is 10.7 Å². The van der Waals surface area contributed by atoms with Crippen molar-refractivity contribution in [3.8, 4) is 0 Å². The molecular formula is C23H28ClF2NO4S2. The monoisotopic (exact) mass is 519 g/mol. The van der Waals surface area contributed by atoms with E-state index in [1.165, 1.54) is 24.3 Å². The molecule has 1 aliphatic heterocycles. The van der Waals surface area contributed by atoms with E-state index in [0.717, 1.165) is 43.8 Å². The first-order valence-electron chi connectivity index (χ1n) is 10.8. The van der Waals surface area contributed by atoms with Crippen molar-refractivity contribution in [1.29, 1.82) is 0 Å². The van der Waals surface area contributed by atoms with Crippen LogP contribution in [0.15, 0.2) is 47.4 Å². The molecule has 0 aliphatic carbocycles. The summed E-state index contributed by atoms with van der Waals surface area (Å²) >= 11 is 0. The summed E-state index contributed by atoms with van der Waals surface area (Å²) in [7, 11) is -1.51. The van der Waals surface area contributed by atoms with Gasteiger partial charge < -0.3 is 4.90 Å². The summed E-state index contributed by atoms with van der Waals surface area (Å²) in [5, 5.41) is 0. The average Bonchev–Trinajstić information content (AvgIpc) is 2.72. The van der Waals surface area contributed by atoms with Crippen LogP contribution >= 0.6 is 10.7 Å². The molecule has 1 atom stereocenters. The van der Waals surface area contributed by atoms with Crippen LogP contribution in [-0.4, -0.2) is 53.4 Å². The highest BCUT2D eigenvalue weighted by atomic mass is 35.7. The third kappa shape index (κ3) is 8.02. The fourth-order valence-electron chi connectivity index (χ4n) is 4.37. The molecule has 0 unspecified atom stereocenters. The van der Waals surface area contributed by atoms with Gasteiger partial charge >= 0.3 is 0 Å². The number of nitrogens with zero attached hydrogens (tertiary/aromatic N) is 1. The summed E-state index contributed by atoms with van der Waals surface area (Å²) in [5.74, 6) is -1.32. The quantitative estimate of drug-likeness (QED) is 0.454. The van der Waals surface area contributed by atoms with Crippen LogP contribution in [0.25, 0.3) is 0 Å². The van der Waals surface area contributed by atoms with Gasteiger partial charge in [0.25, 0.3) is 0 Å². The summed E-state index contributed by atoms with van der Waals surface area (Å²) in [6.07, 6.45) is 4.02. The highest BCUT2D eigenvalue weighted by Crippen LogP contribution is 2.31. The highest BCUT2D eigenvalue weighted by Gasteiger charge is 2.23. The van der Waals surface area contributed by atoms with Crippen molar-refractivity contribution in [3.63, 3.8) is 0 Å². The van der Waals surface area contributed by atoms with Gasteiger partial charge in [-0.2, -0.15) is 0 Å². The number of benzene rings is 2. The van der Waals surface area contributed by atoms with E-state index in [9.17, 15) is 25.6 Å². The maximum atomic E-state index is 13.9. The van der Waals surface area contributed by atoms with Crippen LogP contribution < -0.4 is 0 Å². The van der Waals surface area contributed by atoms with E-state index in [2.05, 4.69) is 4.90 Å². The standard InChI is InChI=1S/C23H28ClF2NO4S2/c1-32(28,29)22-4-2-18(3-5-22)23(19-14-20(25)16-21(26)15-19)8-12-27-10-6-17(7-11-27)9-13-33(24,30)31/h2-5,14-17,23H,6-13H2,1H3/t23-/m1/s1. The van der Waals surface area contributed by atoms with Gasteiger partial charge in [-0.05, 0) is 86.6 Å². The Labute approximate surface area is 199 Å². The number of halogens is 3. The molecule has 0 amide bonds. The number of likely N-dealkylation sites (tertiary alicyclic amines) is 1. The lowest BCUT2D eigenvalue weighted by atomic mass is 9.87. The molecule has 2 aromatic rings. The largest absolute Gasteiger partial charge is 0.303 e. The summed E-state index contributed by atoms with van der Waals surface area (Å²) in [6.45, 7) is 2.31.